The van der Waals surface area contributed by atoms with Crippen LogP contribution in [-0.2, 0) is 0 Å². The zero-order chi connectivity index (χ0) is 14.8. The van der Waals surface area contributed by atoms with Crippen molar-refractivity contribution in [3.05, 3.63) is 4.77 Å². The van der Waals surface area contributed by atoms with Crippen molar-refractivity contribution in [3.8, 4) is 0 Å². The van der Waals surface area contributed by atoms with Crippen molar-refractivity contribution in [2.45, 2.75) is 76.8 Å². The van der Waals surface area contributed by atoms with Crippen molar-refractivity contribution in [1.29, 1.82) is 0 Å². The van der Waals surface area contributed by atoms with Crippen LogP contribution in [0.3, 0.4) is 0 Å². The highest BCUT2D eigenvalue weighted by Crippen LogP contribution is 2.34. The summed E-state index contributed by atoms with van der Waals surface area (Å²) in [5.41, 5.74) is 0. The van der Waals surface area contributed by atoms with Crippen LogP contribution in [-0.4, -0.2) is 27.9 Å². The third-order valence-corrected chi connectivity index (χ3v) is 5.69. The van der Waals surface area contributed by atoms with Gasteiger partial charge in [0.2, 0.25) is 5.95 Å². The normalized spacial score (nSPS) is 27.7. The number of nitrogens with one attached hydrogen (secondary N) is 1. The molecule has 0 spiro atoms. The molecule has 0 aliphatic heterocycles. The Morgan fingerprint density at radius 2 is 1.90 bits per heavy atom. The quantitative estimate of drug-likeness (QED) is 0.838. The molecule has 1 N–H and O–H groups in total. The summed E-state index contributed by atoms with van der Waals surface area (Å²) in [4.78, 5) is 2.39. The van der Waals surface area contributed by atoms with Gasteiger partial charge in [-0.1, -0.05) is 39.0 Å². The Morgan fingerprint density at radius 3 is 2.62 bits per heavy atom. The van der Waals surface area contributed by atoms with Crippen molar-refractivity contribution < 1.29 is 0 Å². The Labute approximate surface area is 132 Å². The highest BCUT2D eigenvalue weighted by molar-refractivity contribution is 7.71. The molecule has 2 fully saturated rings. The van der Waals surface area contributed by atoms with Gasteiger partial charge in [0.05, 0.1) is 0 Å². The molecule has 1 aromatic heterocycles. The van der Waals surface area contributed by atoms with Crippen LogP contribution in [0.2, 0.25) is 0 Å². The average Bonchev–Trinajstić information content (AvgIpc) is 2.89. The van der Waals surface area contributed by atoms with Gasteiger partial charge in [-0.2, -0.15) is 0 Å². The summed E-state index contributed by atoms with van der Waals surface area (Å²) in [7, 11) is 2.20. The van der Waals surface area contributed by atoms with E-state index in [-0.39, 0.29) is 0 Å². The number of aromatic amines is 1. The molecule has 2 atom stereocenters. The molecule has 0 bridgehead atoms. The fourth-order valence-corrected chi connectivity index (χ4v) is 4.41. The Bertz CT molecular complexity index is 515. The third-order valence-electron chi connectivity index (χ3n) is 5.40. The van der Waals surface area contributed by atoms with Gasteiger partial charge in [-0.15, -0.1) is 5.10 Å². The van der Waals surface area contributed by atoms with Crippen LogP contribution in [0.1, 0.15) is 70.8 Å². The molecule has 1 heterocycles. The van der Waals surface area contributed by atoms with Gasteiger partial charge in [0, 0.05) is 19.1 Å². The van der Waals surface area contributed by atoms with Gasteiger partial charge < -0.3 is 4.90 Å². The topological polar surface area (TPSA) is 36.9 Å². The number of rotatable bonds is 3. The summed E-state index contributed by atoms with van der Waals surface area (Å²) in [5, 5.41) is 7.60. The summed E-state index contributed by atoms with van der Waals surface area (Å²) in [5.74, 6) is 1.89. The molecule has 0 amide bonds. The highest BCUT2D eigenvalue weighted by Gasteiger charge is 2.27. The lowest BCUT2D eigenvalue weighted by atomic mass is 9.86. The first kappa shape index (κ1) is 15.1. The monoisotopic (exact) mass is 308 g/mol. The van der Waals surface area contributed by atoms with Crippen molar-refractivity contribution >= 4 is 18.2 Å². The molecule has 2 aliphatic rings. The first-order valence-electron chi connectivity index (χ1n) is 8.56. The van der Waals surface area contributed by atoms with Gasteiger partial charge in [-0.3, -0.25) is 4.57 Å². The molecule has 0 saturated heterocycles. The van der Waals surface area contributed by atoms with Crippen molar-refractivity contribution in [2.75, 3.05) is 11.9 Å². The summed E-state index contributed by atoms with van der Waals surface area (Å²) < 4.78 is 3.10. The summed E-state index contributed by atoms with van der Waals surface area (Å²) in [6.07, 6.45) is 11.8. The van der Waals surface area contributed by atoms with Crippen LogP contribution in [0, 0.1) is 10.7 Å². The molecule has 2 saturated carbocycles. The fourth-order valence-electron chi connectivity index (χ4n) is 4.13. The number of H-pyrrole nitrogens is 1. The zero-order valence-electron chi connectivity index (χ0n) is 13.3. The first-order valence-corrected chi connectivity index (χ1v) is 8.97. The molecule has 2 unspecified atom stereocenters. The number of nitrogens with zero attached hydrogens (tertiary/aromatic N) is 3. The maximum absolute atomic E-state index is 5.52. The molecule has 1 aromatic rings. The Kier molecular flexibility index (Phi) is 4.67. The van der Waals surface area contributed by atoms with E-state index < -0.39 is 0 Å². The molecule has 118 valence electrons. The number of hydrogen-bond donors (Lipinski definition) is 1. The lowest BCUT2D eigenvalue weighted by Crippen LogP contribution is -2.37. The Balaban J connectivity index is 1.82. The molecular formula is C16H28N4S. The molecule has 5 heteroatoms. The smallest absolute Gasteiger partial charge is 0.225 e. The third kappa shape index (κ3) is 3.17. The minimum Gasteiger partial charge on any atom is -0.341 e. The van der Waals surface area contributed by atoms with E-state index in [4.69, 9.17) is 12.2 Å². The maximum Gasteiger partial charge on any atom is 0.225 e. The predicted octanol–water partition coefficient (Wildman–Crippen LogP) is 4.46. The summed E-state index contributed by atoms with van der Waals surface area (Å²) in [6.45, 7) is 2.37. The molecule has 21 heavy (non-hydrogen) atoms. The van der Waals surface area contributed by atoms with E-state index in [1.807, 2.05) is 0 Å². The minimum absolute atomic E-state index is 0.545. The fraction of sp³-hybridized carbons (Fsp3) is 0.875. The Morgan fingerprint density at radius 1 is 1.14 bits per heavy atom. The van der Waals surface area contributed by atoms with Gasteiger partial charge in [0.25, 0.3) is 0 Å². The molecule has 3 rings (SSSR count). The Hall–Kier alpha value is -0.840. The van der Waals surface area contributed by atoms with Crippen LogP contribution >= 0.6 is 12.2 Å². The molecule has 2 aliphatic carbocycles. The van der Waals surface area contributed by atoms with E-state index in [9.17, 15) is 0 Å². The number of hydrogen-bond acceptors (Lipinski definition) is 3. The minimum atomic E-state index is 0.545. The standard InChI is InChI=1S/C16H28N4S/c1-12-7-6-10-14(11-12)19(2)15-17-18-16(21)20(15)13-8-4-3-5-9-13/h12-14H,3-11H2,1-2H3,(H,18,21). The first-order chi connectivity index (χ1) is 10.2. The number of aromatic nitrogens is 3. The highest BCUT2D eigenvalue weighted by atomic mass is 32.1. The summed E-state index contributed by atoms with van der Waals surface area (Å²) >= 11 is 5.52. The van der Waals surface area contributed by atoms with Gasteiger partial charge in [-0.25, -0.2) is 5.10 Å². The van der Waals surface area contributed by atoms with Gasteiger partial charge in [0.1, 0.15) is 0 Å². The van der Waals surface area contributed by atoms with Crippen LogP contribution in [0.15, 0.2) is 0 Å². The SMILES string of the molecule is CC1CCCC(N(C)c2n[nH]c(=S)n2C2CCCCC2)C1. The lowest BCUT2D eigenvalue weighted by molar-refractivity contribution is 0.322. The average molecular weight is 308 g/mol. The van der Waals surface area contributed by atoms with Crippen molar-refractivity contribution in [3.63, 3.8) is 0 Å². The lowest BCUT2D eigenvalue weighted by Gasteiger charge is -2.36. The molecule has 4 nitrogen and oxygen atoms in total. The van der Waals surface area contributed by atoms with E-state index in [0.29, 0.717) is 12.1 Å². The van der Waals surface area contributed by atoms with Crippen LogP contribution in [0.4, 0.5) is 5.95 Å². The van der Waals surface area contributed by atoms with E-state index in [2.05, 4.69) is 33.6 Å². The van der Waals surface area contributed by atoms with Crippen LogP contribution in [0.5, 0.6) is 0 Å². The van der Waals surface area contributed by atoms with E-state index in [1.165, 1.54) is 57.8 Å². The second kappa shape index (κ2) is 6.51. The van der Waals surface area contributed by atoms with Crippen LogP contribution in [0.25, 0.3) is 0 Å². The van der Waals surface area contributed by atoms with Crippen molar-refractivity contribution in [1.82, 2.24) is 14.8 Å². The summed E-state index contributed by atoms with van der Waals surface area (Å²) in [6, 6.07) is 1.16. The second-order valence-corrected chi connectivity index (χ2v) is 7.41. The predicted molar refractivity (Wildman–Crippen MR) is 89.4 cm³/mol. The van der Waals surface area contributed by atoms with Gasteiger partial charge >= 0.3 is 0 Å². The second-order valence-electron chi connectivity index (χ2n) is 7.03. The van der Waals surface area contributed by atoms with E-state index in [1.54, 1.807) is 0 Å². The largest absolute Gasteiger partial charge is 0.341 e. The molecular weight excluding hydrogens is 280 g/mol. The van der Waals surface area contributed by atoms with Crippen molar-refractivity contribution in [2.24, 2.45) is 5.92 Å². The maximum atomic E-state index is 5.52. The zero-order valence-corrected chi connectivity index (χ0v) is 14.2. The van der Waals surface area contributed by atoms with Crippen LogP contribution < -0.4 is 4.90 Å². The van der Waals surface area contributed by atoms with Gasteiger partial charge in [0.15, 0.2) is 4.77 Å². The number of anilines is 1. The van der Waals surface area contributed by atoms with E-state index >= 15 is 0 Å². The molecule has 0 radical (unpaired) electrons. The van der Waals surface area contributed by atoms with Gasteiger partial charge in [-0.05, 0) is 43.8 Å². The molecule has 0 aromatic carbocycles. The van der Waals surface area contributed by atoms with E-state index in [0.717, 1.165) is 16.6 Å².